The largest absolute Gasteiger partial charge is 0.265 e. The van der Waals surface area contributed by atoms with E-state index in [4.69, 9.17) is 5.26 Å². The van der Waals surface area contributed by atoms with E-state index in [0.29, 0.717) is 5.56 Å². The van der Waals surface area contributed by atoms with Crippen LogP contribution in [0.5, 0.6) is 0 Å². The molecule has 0 aliphatic rings. The molecule has 0 bridgehead atoms. The molecule has 2 aromatic rings. The minimum absolute atomic E-state index is 0.642. The van der Waals surface area contributed by atoms with Gasteiger partial charge in [-0.2, -0.15) is 5.26 Å². The van der Waals surface area contributed by atoms with Gasteiger partial charge in [0.05, 0.1) is 11.6 Å². The fourth-order valence-electron chi connectivity index (χ4n) is 1.08. The Labute approximate surface area is 87.6 Å². The lowest BCUT2D eigenvalue weighted by atomic mass is 10.2. The Kier molecular flexibility index (Phi) is 2.49. The van der Waals surface area contributed by atoms with E-state index >= 15 is 0 Å². The molecule has 0 aliphatic heterocycles. The zero-order valence-corrected chi connectivity index (χ0v) is 7.88. The van der Waals surface area contributed by atoms with Crippen molar-refractivity contribution in [3.63, 3.8) is 0 Å². The predicted molar refractivity (Wildman–Crippen MR) is 55.7 cm³/mol. The molecule has 3 heteroatoms. The molecule has 0 amide bonds. The van der Waals surface area contributed by atoms with Crippen LogP contribution in [0, 0.1) is 23.3 Å². The van der Waals surface area contributed by atoms with Gasteiger partial charge in [0.2, 0.25) is 0 Å². The van der Waals surface area contributed by atoms with Crippen LogP contribution in [0.25, 0.3) is 0 Å². The van der Waals surface area contributed by atoms with Gasteiger partial charge in [0.25, 0.3) is 0 Å². The van der Waals surface area contributed by atoms with Crippen LogP contribution in [0.1, 0.15) is 11.1 Å². The highest BCUT2D eigenvalue weighted by Crippen LogP contribution is 2.01. The normalized spacial score (nSPS) is 8.73. The van der Waals surface area contributed by atoms with Gasteiger partial charge >= 0.3 is 0 Å². The van der Waals surface area contributed by atoms with Crippen LogP contribution in [0.4, 0.5) is 0 Å². The number of imidazole rings is 1. The molecule has 70 valence electrons. The fourth-order valence-corrected chi connectivity index (χ4v) is 1.08. The average Bonchev–Trinajstić information content (AvgIpc) is 2.80. The maximum atomic E-state index is 8.61. The highest BCUT2D eigenvalue weighted by Gasteiger charge is 1.89. The third-order valence-corrected chi connectivity index (χ3v) is 1.85. The topological polar surface area (TPSA) is 41.6 Å². The molecule has 0 fully saturated rings. The Bertz CT molecular complexity index is 533. The zero-order chi connectivity index (χ0) is 10.5. The number of hydrogen-bond acceptors (Lipinski definition) is 2. The summed E-state index contributed by atoms with van der Waals surface area (Å²) in [5.74, 6) is 2.96. The molecule has 2 rings (SSSR count). The molecule has 15 heavy (non-hydrogen) atoms. The second-order valence-corrected chi connectivity index (χ2v) is 2.90. The summed E-state index contributed by atoms with van der Waals surface area (Å²) in [4.78, 5) is 3.88. The standard InChI is InChI=1S/C12H7N3/c13-9-12-3-1-11(2-4-12)5-7-15-8-6-14-10-15/h1-4,6,8,10H. The molecule has 0 N–H and O–H groups in total. The van der Waals surface area contributed by atoms with Gasteiger partial charge in [0.15, 0.2) is 0 Å². The van der Waals surface area contributed by atoms with Crippen LogP contribution in [-0.4, -0.2) is 9.55 Å². The lowest BCUT2D eigenvalue weighted by molar-refractivity contribution is 1.11. The summed E-state index contributed by atoms with van der Waals surface area (Å²) in [5.41, 5.74) is 1.52. The minimum atomic E-state index is 0.642. The van der Waals surface area contributed by atoms with E-state index < -0.39 is 0 Å². The van der Waals surface area contributed by atoms with Gasteiger partial charge in [0.1, 0.15) is 6.33 Å². The number of aromatic nitrogens is 2. The van der Waals surface area contributed by atoms with E-state index in [0.717, 1.165) is 5.56 Å². The van der Waals surface area contributed by atoms with Crippen LogP contribution in [0.15, 0.2) is 43.0 Å². The lowest BCUT2D eigenvalue weighted by Crippen LogP contribution is -1.82. The van der Waals surface area contributed by atoms with E-state index in [-0.39, 0.29) is 0 Å². The van der Waals surface area contributed by atoms with Crippen LogP contribution >= 0.6 is 0 Å². The molecule has 0 saturated heterocycles. The average molecular weight is 193 g/mol. The van der Waals surface area contributed by atoms with Gasteiger partial charge in [-0.15, -0.1) is 0 Å². The lowest BCUT2D eigenvalue weighted by Gasteiger charge is -1.89. The second kappa shape index (κ2) is 4.13. The van der Waals surface area contributed by atoms with Gasteiger partial charge in [-0.05, 0) is 30.2 Å². The van der Waals surface area contributed by atoms with E-state index in [1.54, 1.807) is 35.4 Å². The van der Waals surface area contributed by atoms with Crippen LogP contribution in [-0.2, 0) is 0 Å². The molecular formula is C12H7N3. The molecular weight excluding hydrogens is 186 g/mol. The number of benzene rings is 1. The van der Waals surface area contributed by atoms with Crippen LogP contribution in [0.3, 0.4) is 0 Å². The molecule has 0 unspecified atom stereocenters. The first-order chi connectivity index (χ1) is 7.38. The molecule has 0 radical (unpaired) electrons. The first kappa shape index (κ1) is 9.05. The maximum absolute atomic E-state index is 8.61. The summed E-state index contributed by atoms with van der Waals surface area (Å²) in [5, 5.41) is 8.61. The van der Waals surface area contributed by atoms with Gasteiger partial charge < -0.3 is 0 Å². The Morgan fingerprint density at radius 1 is 1.13 bits per heavy atom. The van der Waals surface area contributed by atoms with Crippen molar-refractivity contribution in [3.05, 3.63) is 54.1 Å². The third kappa shape index (κ3) is 2.24. The van der Waals surface area contributed by atoms with Crippen LogP contribution in [0.2, 0.25) is 0 Å². The summed E-state index contributed by atoms with van der Waals surface area (Å²) in [6, 6.07) is 12.1. The van der Waals surface area contributed by atoms with Crippen molar-refractivity contribution in [2.75, 3.05) is 0 Å². The molecule has 0 saturated carbocycles. The van der Waals surface area contributed by atoms with E-state index in [1.807, 2.05) is 12.1 Å². The van der Waals surface area contributed by atoms with Crippen molar-refractivity contribution in [1.82, 2.24) is 9.55 Å². The smallest absolute Gasteiger partial charge is 0.106 e. The molecule has 1 heterocycles. The number of rotatable bonds is 0. The van der Waals surface area contributed by atoms with Crippen molar-refractivity contribution in [3.8, 4) is 18.0 Å². The molecule has 0 atom stereocenters. The zero-order valence-electron chi connectivity index (χ0n) is 7.88. The Hall–Kier alpha value is -2.52. The summed E-state index contributed by atoms with van der Waals surface area (Å²) in [6.45, 7) is 0. The third-order valence-electron chi connectivity index (χ3n) is 1.85. The fraction of sp³-hybridized carbons (Fsp3) is 0. The minimum Gasteiger partial charge on any atom is -0.265 e. The monoisotopic (exact) mass is 193 g/mol. The molecule has 0 aliphatic carbocycles. The first-order valence-electron chi connectivity index (χ1n) is 4.38. The van der Waals surface area contributed by atoms with Crippen molar-refractivity contribution < 1.29 is 0 Å². The Balaban J connectivity index is 2.22. The summed E-state index contributed by atoms with van der Waals surface area (Å²) >= 11 is 0. The molecule has 0 spiro atoms. The van der Waals surface area contributed by atoms with Crippen molar-refractivity contribution in [1.29, 1.82) is 5.26 Å². The van der Waals surface area contributed by atoms with Crippen molar-refractivity contribution in [2.24, 2.45) is 0 Å². The van der Waals surface area contributed by atoms with E-state index in [2.05, 4.69) is 23.0 Å². The number of nitrogens with zero attached hydrogens (tertiary/aromatic N) is 3. The van der Waals surface area contributed by atoms with Crippen molar-refractivity contribution in [2.45, 2.75) is 0 Å². The Morgan fingerprint density at radius 3 is 2.47 bits per heavy atom. The van der Waals surface area contributed by atoms with Gasteiger partial charge in [-0.3, -0.25) is 4.57 Å². The highest BCUT2D eigenvalue weighted by atomic mass is 15.0. The summed E-state index contributed by atoms with van der Waals surface area (Å²) in [6.07, 6.45) is 5.08. The number of nitriles is 1. The van der Waals surface area contributed by atoms with E-state index in [9.17, 15) is 0 Å². The molecule has 1 aromatic carbocycles. The predicted octanol–water partition coefficient (Wildman–Crippen LogP) is 1.61. The van der Waals surface area contributed by atoms with Gasteiger partial charge in [0, 0.05) is 24.0 Å². The second-order valence-electron chi connectivity index (χ2n) is 2.90. The van der Waals surface area contributed by atoms with Crippen LogP contribution < -0.4 is 0 Å². The molecule has 3 nitrogen and oxygen atoms in total. The summed E-state index contributed by atoms with van der Waals surface area (Å²) < 4.78 is 1.68. The van der Waals surface area contributed by atoms with E-state index in [1.165, 1.54) is 0 Å². The Morgan fingerprint density at radius 2 is 1.87 bits per heavy atom. The van der Waals surface area contributed by atoms with Crippen molar-refractivity contribution >= 4 is 0 Å². The summed E-state index contributed by atoms with van der Waals surface area (Å²) in [7, 11) is 0. The SMILES string of the molecule is N#Cc1ccc(C#Cn2ccnc2)cc1. The quantitative estimate of drug-likeness (QED) is 0.596. The van der Waals surface area contributed by atoms with Gasteiger partial charge in [-0.25, -0.2) is 4.98 Å². The molecule has 1 aromatic heterocycles. The first-order valence-corrected chi connectivity index (χ1v) is 4.38. The number of hydrogen-bond donors (Lipinski definition) is 0. The van der Waals surface area contributed by atoms with Gasteiger partial charge in [-0.1, -0.05) is 0 Å². The maximum Gasteiger partial charge on any atom is 0.106 e. The highest BCUT2D eigenvalue weighted by molar-refractivity contribution is 5.39.